The monoisotopic (exact) mass is 414 g/mol. The number of nitrogens with zero attached hydrogens (tertiary/aromatic N) is 4. The third-order valence-electron chi connectivity index (χ3n) is 4.61. The first-order chi connectivity index (χ1) is 13.5. The number of likely N-dealkylation sites (N-methyl/N-ethyl adjacent to an activating group) is 1. The van der Waals surface area contributed by atoms with Gasteiger partial charge in [0.2, 0.25) is 0 Å². The van der Waals surface area contributed by atoms with E-state index in [0.29, 0.717) is 20.7 Å². The maximum absolute atomic E-state index is 12.6. The van der Waals surface area contributed by atoms with Crippen LogP contribution < -0.4 is 10.6 Å². The second kappa shape index (κ2) is 7.83. The lowest BCUT2D eigenvalue weighted by Crippen LogP contribution is -2.28. The number of nitrogens with one attached hydrogen (secondary N) is 2. The summed E-state index contributed by atoms with van der Waals surface area (Å²) >= 11 is 7.46. The zero-order chi connectivity index (χ0) is 19.7. The van der Waals surface area contributed by atoms with Gasteiger partial charge in [-0.25, -0.2) is 15.0 Å². The molecule has 0 aliphatic carbocycles. The van der Waals surface area contributed by atoms with E-state index in [1.165, 1.54) is 11.3 Å². The van der Waals surface area contributed by atoms with Crippen LogP contribution in [0.5, 0.6) is 0 Å². The summed E-state index contributed by atoms with van der Waals surface area (Å²) < 4.78 is 0. The average molecular weight is 415 g/mol. The van der Waals surface area contributed by atoms with E-state index in [9.17, 15) is 4.79 Å². The quantitative estimate of drug-likeness (QED) is 0.674. The SMILES string of the molecule is Cc1cccc(Cl)c1NC(=O)c1cnc(Nc2ncnc3c2CN(C)CC3)s1. The van der Waals surface area contributed by atoms with Gasteiger partial charge in [0.1, 0.15) is 17.0 Å². The molecule has 2 N–H and O–H groups in total. The molecule has 7 nitrogen and oxygen atoms in total. The van der Waals surface area contributed by atoms with E-state index < -0.39 is 0 Å². The average Bonchev–Trinajstić information content (AvgIpc) is 3.14. The highest BCUT2D eigenvalue weighted by Gasteiger charge is 2.20. The first-order valence-corrected chi connectivity index (χ1v) is 10.0. The van der Waals surface area contributed by atoms with E-state index in [0.717, 1.165) is 42.1 Å². The van der Waals surface area contributed by atoms with E-state index >= 15 is 0 Å². The number of carbonyl (C=O) groups is 1. The van der Waals surface area contributed by atoms with Gasteiger partial charge in [0, 0.05) is 25.1 Å². The smallest absolute Gasteiger partial charge is 0.267 e. The van der Waals surface area contributed by atoms with E-state index in [1.807, 2.05) is 19.1 Å². The van der Waals surface area contributed by atoms with Crippen LogP contribution in [-0.2, 0) is 13.0 Å². The van der Waals surface area contributed by atoms with Crippen molar-refractivity contribution in [1.29, 1.82) is 0 Å². The summed E-state index contributed by atoms with van der Waals surface area (Å²) in [6, 6.07) is 5.50. The van der Waals surface area contributed by atoms with Crippen molar-refractivity contribution in [1.82, 2.24) is 19.9 Å². The number of thiazole rings is 1. The summed E-state index contributed by atoms with van der Waals surface area (Å²) in [4.78, 5) is 28.4. The first-order valence-electron chi connectivity index (χ1n) is 8.82. The van der Waals surface area contributed by atoms with Gasteiger partial charge in [-0.2, -0.15) is 0 Å². The predicted octanol–water partition coefficient (Wildman–Crippen LogP) is 3.88. The summed E-state index contributed by atoms with van der Waals surface area (Å²) in [5.41, 5.74) is 3.65. The fraction of sp³-hybridized carbons (Fsp3) is 0.263. The van der Waals surface area contributed by atoms with Crippen LogP contribution in [0.25, 0.3) is 0 Å². The van der Waals surface area contributed by atoms with Gasteiger partial charge in [0.05, 0.1) is 22.6 Å². The van der Waals surface area contributed by atoms with Crippen LogP contribution in [0, 0.1) is 6.92 Å². The molecule has 1 amide bonds. The maximum Gasteiger partial charge on any atom is 0.267 e. The van der Waals surface area contributed by atoms with E-state index in [1.54, 1.807) is 18.6 Å². The van der Waals surface area contributed by atoms with E-state index in [-0.39, 0.29) is 5.91 Å². The minimum Gasteiger partial charge on any atom is -0.320 e. The summed E-state index contributed by atoms with van der Waals surface area (Å²) in [5.74, 6) is 0.492. The second-order valence-corrected chi connectivity index (χ2v) is 8.11. The van der Waals surface area contributed by atoms with Gasteiger partial charge in [0.15, 0.2) is 5.13 Å². The van der Waals surface area contributed by atoms with Crippen molar-refractivity contribution in [2.24, 2.45) is 0 Å². The highest BCUT2D eigenvalue weighted by Crippen LogP contribution is 2.29. The number of rotatable bonds is 4. The summed E-state index contributed by atoms with van der Waals surface area (Å²) in [6.45, 7) is 3.66. The topological polar surface area (TPSA) is 83.0 Å². The largest absolute Gasteiger partial charge is 0.320 e. The van der Waals surface area contributed by atoms with Gasteiger partial charge in [-0.3, -0.25) is 4.79 Å². The predicted molar refractivity (Wildman–Crippen MR) is 112 cm³/mol. The van der Waals surface area contributed by atoms with Crippen LogP contribution in [0.4, 0.5) is 16.6 Å². The van der Waals surface area contributed by atoms with E-state index in [2.05, 4.69) is 37.5 Å². The van der Waals surface area contributed by atoms with Crippen molar-refractivity contribution < 1.29 is 4.79 Å². The molecule has 1 aliphatic rings. The molecule has 0 saturated carbocycles. The number of anilines is 3. The Morgan fingerprint density at radius 3 is 2.96 bits per heavy atom. The molecule has 3 heterocycles. The van der Waals surface area contributed by atoms with Gasteiger partial charge in [-0.15, -0.1) is 0 Å². The zero-order valence-corrected chi connectivity index (χ0v) is 17.1. The molecule has 1 aliphatic heterocycles. The number of amides is 1. The van der Waals surface area contributed by atoms with Crippen LogP contribution in [0.2, 0.25) is 5.02 Å². The molecular formula is C19H19ClN6OS. The second-order valence-electron chi connectivity index (χ2n) is 6.68. The van der Waals surface area contributed by atoms with Crippen LogP contribution >= 0.6 is 22.9 Å². The molecule has 4 rings (SSSR count). The Hall–Kier alpha value is -2.55. The lowest BCUT2D eigenvalue weighted by atomic mass is 10.1. The minimum absolute atomic E-state index is 0.244. The fourth-order valence-corrected chi connectivity index (χ4v) is 4.07. The fourth-order valence-electron chi connectivity index (χ4n) is 3.09. The van der Waals surface area contributed by atoms with Crippen LogP contribution in [0.15, 0.2) is 30.7 Å². The van der Waals surface area contributed by atoms with Crippen molar-refractivity contribution in [2.75, 3.05) is 24.2 Å². The van der Waals surface area contributed by atoms with Crippen molar-refractivity contribution in [3.05, 3.63) is 57.4 Å². The Bertz CT molecular complexity index is 1020. The Kier molecular flexibility index (Phi) is 5.25. The van der Waals surface area contributed by atoms with Gasteiger partial charge >= 0.3 is 0 Å². The highest BCUT2D eigenvalue weighted by molar-refractivity contribution is 7.17. The molecule has 0 saturated heterocycles. The molecule has 2 aromatic heterocycles. The van der Waals surface area contributed by atoms with Gasteiger partial charge in [-0.1, -0.05) is 35.1 Å². The third-order valence-corrected chi connectivity index (χ3v) is 5.83. The third kappa shape index (κ3) is 3.84. The Morgan fingerprint density at radius 1 is 1.29 bits per heavy atom. The number of hydrogen-bond acceptors (Lipinski definition) is 7. The molecule has 0 unspecified atom stereocenters. The molecule has 0 bridgehead atoms. The van der Waals surface area contributed by atoms with Gasteiger partial charge in [-0.05, 0) is 25.6 Å². The Morgan fingerprint density at radius 2 is 2.14 bits per heavy atom. The number of para-hydroxylation sites is 1. The Balaban J connectivity index is 1.52. The molecule has 0 fully saturated rings. The summed E-state index contributed by atoms with van der Waals surface area (Å²) in [5, 5.41) is 7.22. The number of carbonyl (C=O) groups excluding carboxylic acids is 1. The number of hydrogen-bond donors (Lipinski definition) is 2. The van der Waals surface area contributed by atoms with E-state index in [4.69, 9.17) is 11.6 Å². The van der Waals surface area contributed by atoms with Crippen molar-refractivity contribution >= 4 is 45.5 Å². The molecule has 3 aromatic rings. The minimum atomic E-state index is -0.244. The molecule has 1 aromatic carbocycles. The van der Waals surface area contributed by atoms with Crippen molar-refractivity contribution in [3.63, 3.8) is 0 Å². The zero-order valence-electron chi connectivity index (χ0n) is 15.5. The highest BCUT2D eigenvalue weighted by atomic mass is 35.5. The standard InChI is InChI=1S/C19H19ClN6OS/c1-11-4-3-5-13(20)16(11)24-18(27)15-8-21-19(28-15)25-17-12-9-26(2)7-6-14(12)22-10-23-17/h3-5,8,10H,6-7,9H2,1-2H3,(H,24,27)(H,21,22,23,25). The lowest BCUT2D eigenvalue weighted by Gasteiger charge is -2.25. The molecule has 9 heteroatoms. The number of benzene rings is 1. The van der Waals surface area contributed by atoms with Crippen LogP contribution in [0.1, 0.15) is 26.5 Å². The molecule has 0 radical (unpaired) electrons. The molecular weight excluding hydrogens is 396 g/mol. The Labute approximate surface area is 171 Å². The number of aromatic nitrogens is 3. The molecule has 28 heavy (non-hydrogen) atoms. The van der Waals surface area contributed by atoms with Crippen LogP contribution in [-0.4, -0.2) is 39.4 Å². The number of aryl methyl sites for hydroxylation is 1. The maximum atomic E-state index is 12.6. The molecule has 144 valence electrons. The van der Waals surface area contributed by atoms with Crippen molar-refractivity contribution in [2.45, 2.75) is 19.9 Å². The van der Waals surface area contributed by atoms with Gasteiger partial charge < -0.3 is 15.5 Å². The normalized spacial score (nSPS) is 13.8. The molecule has 0 atom stereocenters. The van der Waals surface area contributed by atoms with Crippen molar-refractivity contribution in [3.8, 4) is 0 Å². The number of fused-ring (bicyclic) bond motifs is 1. The first kappa shape index (κ1) is 18.8. The molecule has 0 spiro atoms. The van der Waals surface area contributed by atoms with Crippen LogP contribution in [0.3, 0.4) is 0 Å². The summed E-state index contributed by atoms with van der Waals surface area (Å²) in [7, 11) is 2.07. The number of halogens is 1. The van der Waals surface area contributed by atoms with Gasteiger partial charge in [0.25, 0.3) is 5.91 Å². The lowest BCUT2D eigenvalue weighted by molar-refractivity contribution is 0.103. The summed E-state index contributed by atoms with van der Waals surface area (Å²) in [6.07, 6.45) is 4.01.